The summed E-state index contributed by atoms with van der Waals surface area (Å²) in [6.07, 6.45) is -6.44. The molecule has 0 radical (unpaired) electrons. The Bertz CT molecular complexity index is 683. The van der Waals surface area contributed by atoms with Crippen molar-refractivity contribution in [3.63, 3.8) is 0 Å². The van der Waals surface area contributed by atoms with Gasteiger partial charge < -0.3 is 10.1 Å². The molecule has 2 fully saturated rings. The summed E-state index contributed by atoms with van der Waals surface area (Å²) in [6, 6.07) is 0.329. The van der Waals surface area contributed by atoms with Gasteiger partial charge in [-0.15, -0.1) is 12.4 Å². The van der Waals surface area contributed by atoms with Crippen LogP contribution in [0.4, 0.5) is 26.3 Å². The van der Waals surface area contributed by atoms with E-state index in [0.717, 1.165) is 32.8 Å². The van der Waals surface area contributed by atoms with Crippen molar-refractivity contribution in [1.29, 1.82) is 0 Å². The molecule has 1 saturated carbocycles. The van der Waals surface area contributed by atoms with E-state index in [2.05, 4.69) is 5.32 Å². The molecule has 1 aliphatic heterocycles. The van der Waals surface area contributed by atoms with Crippen LogP contribution in [0.5, 0.6) is 5.75 Å². The summed E-state index contributed by atoms with van der Waals surface area (Å²) in [5.41, 5.74) is -2.74. The lowest BCUT2D eigenvalue weighted by Gasteiger charge is -2.40. The summed E-state index contributed by atoms with van der Waals surface area (Å²) >= 11 is 0. The molecule has 1 aliphatic carbocycles. The second kappa shape index (κ2) is 9.31. The molecule has 1 heterocycles. The van der Waals surface area contributed by atoms with Crippen LogP contribution >= 0.6 is 12.4 Å². The van der Waals surface area contributed by atoms with E-state index in [0.29, 0.717) is 32.2 Å². The van der Waals surface area contributed by atoms with E-state index in [-0.39, 0.29) is 35.7 Å². The van der Waals surface area contributed by atoms with Gasteiger partial charge in [0.05, 0.1) is 18.2 Å². The summed E-state index contributed by atoms with van der Waals surface area (Å²) in [5, 5.41) is 3.17. The Hall–Kier alpha value is -1.19. The van der Waals surface area contributed by atoms with Crippen LogP contribution in [0.1, 0.15) is 48.4 Å². The van der Waals surface area contributed by atoms with Crippen molar-refractivity contribution in [2.24, 2.45) is 5.92 Å². The highest BCUT2D eigenvalue weighted by Crippen LogP contribution is 2.49. The van der Waals surface area contributed by atoms with Crippen molar-refractivity contribution >= 4 is 12.4 Å². The minimum absolute atomic E-state index is 0. The summed E-state index contributed by atoms with van der Waals surface area (Å²) in [4.78, 5) is 1.97. The molecule has 3 rings (SSSR count). The minimum atomic E-state index is -4.91. The fourth-order valence-electron chi connectivity index (χ4n) is 4.45. The monoisotopic (exact) mass is 446 g/mol. The zero-order valence-corrected chi connectivity index (χ0v) is 16.8. The van der Waals surface area contributed by atoms with Crippen molar-refractivity contribution in [3.05, 3.63) is 28.8 Å². The normalized spacial score (nSPS) is 20.4. The number of ether oxygens (including phenoxy) is 1. The number of rotatable bonds is 4. The molecule has 1 aromatic rings. The standard InChI is InChI=1S/C19H24F6N2O.ClH/c1-28-15-11-13(18(20,21)22)10-14(19(23,24)25)16(15)17(12-4-2-3-5-12)27-8-6-26-7-9-27;/h10-12,17,26H,2-9H2,1H3;1H/t17-;/m1./s1. The van der Waals surface area contributed by atoms with E-state index >= 15 is 0 Å². The van der Waals surface area contributed by atoms with Crippen molar-refractivity contribution in [3.8, 4) is 5.75 Å². The van der Waals surface area contributed by atoms with Crippen LogP contribution in [-0.2, 0) is 12.4 Å². The molecule has 0 bridgehead atoms. The molecule has 0 unspecified atom stereocenters. The molecule has 10 heteroatoms. The predicted octanol–water partition coefficient (Wildman–Crippen LogP) is 5.29. The van der Waals surface area contributed by atoms with Gasteiger partial charge in [-0.05, 0) is 30.9 Å². The van der Waals surface area contributed by atoms with E-state index in [9.17, 15) is 26.3 Å². The topological polar surface area (TPSA) is 24.5 Å². The Balaban J connectivity index is 0.00000300. The average Bonchev–Trinajstić information content (AvgIpc) is 3.15. The van der Waals surface area contributed by atoms with Crippen LogP contribution < -0.4 is 10.1 Å². The van der Waals surface area contributed by atoms with Crippen molar-refractivity contribution in [2.75, 3.05) is 33.3 Å². The molecule has 0 amide bonds. The lowest BCUT2D eigenvalue weighted by Crippen LogP contribution is -2.47. The number of nitrogens with zero attached hydrogens (tertiary/aromatic N) is 1. The lowest BCUT2D eigenvalue weighted by atomic mass is 9.85. The van der Waals surface area contributed by atoms with Crippen molar-refractivity contribution < 1.29 is 31.1 Å². The van der Waals surface area contributed by atoms with Gasteiger partial charge in [-0.3, -0.25) is 4.90 Å². The summed E-state index contributed by atoms with van der Waals surface area (Å²) < 4.78 is 86.4. The Labute approximate surface area is 172 Å². The van der Waals surface area contributed by atoms with E-state index in [1.54, 1.807) is 0 Å². The largest absolute Gasteiger partial charge is 0.496 e. The second-order valence-corrected chi connectivity index (χ2v) is 7.41. The van der Waals surface area contributed by atoms with E-state index < -0.39 is 29.5 Å². The molecule has 1 aromatic carbocycles. The second-order valence-electron chi connectivity index (χ2n) is 7.41. The third kappa shape index (κ3) is 5.30. The zero-order chi connectivity index (χ0) is 20.5. The van der Waals surface area contributed by atoms with Crippen LogP contribution in [0.2, 0.25) is 0 Å². The van der Waals surface area contributed by atoms with Crippen molar-refractivity contribution in [2.45, 2.75) is 44.1 Å². The predicted molar refractivity (Wildman–Crippen MR) is 99.4 cm³/mol. The molecule has 3 nitrogen and oxygen atoms in total. The summed E-state index contributed by atoms with van der Waals surface area (Å²) in [6.45, 7) is 2.35. The third-order valence-electron chi connectivity index (χ3n) is 5.68. The fourth-order valence-corrected chi connectivity index (χ4v) is 4.45. The van der Waals surface area contributed by atoms with Gasteiger partial charge >= 0.3 is 12.4 Å². The first kappa shape index (κ1) is 24.1. The van der Waals surface area contributed by atoms with Crippen LogP contribution in [0, 0.1) is 5.92 Å². The fraction of sp³-hybridized carbons (Fsp3) is 0.684. The Morgan fingerprint density at radius 3 is 2.07 bits per heavy atom. The number of piperazine rings is 1. The number of hydrogen-bond donors (Lipinski definition) is 1. The maximum atomic E-state index is 13.9. The first-order chi connectivity index (χ1) is 13.1. The molecule has 166 valence electrons. The van der Waals surface area contributed by atoms with Crippen LogP contribution in [0.3, 0.4) is 0 Å². The van der Waals surface area contributed by atoms with Gasteiger partial charge in [0.1, 0.15) is 5.75 Å². The van der Waals surface area contributed by atoms with E-state index in [4.69, 9.17) is 4.74 Å². The Morgan fingerprint density at radius 1 is 1.00 bits per heavy atom. The number of nitrogens with one attached hydrogen (secondary N) is 1. The van der Waals surface area contributed by atoms with E-state index in [1.165, 1.54) is 0 Å². The number of hydrogen-bond acceptors (Lipinski definition) is 3. The average molecular weight is 447 g/mol. The van der Waals surface area contributed by atoms with E-state index in [1.807, 2.05) is 4.90 Å². The summed E-state index contributed by atoms with van der Waals surface area (Å²) in [5.74, 6) is -0.373. The summed E-state index contributed by atoms with van der Waals surface area (Å²) in [7, 11) is 1.13. The SMILES string of the molecule is COc1cc(C(F)(F)F)cc(C(F)(F)F)c1[C@@H](C1CCCC1)N1CCNCC1.Cl. The number of halogens is 7. The molecule has 0 aromatic heterocycles. The highest BCUT2D eigenvalue weighted by atomic mass is 35.5. The van der Waals surface area contributed by atoms with Gasteiger partial charge in [-0.2, -0.15) is 26.3 Å². The van der Waals surface area contributed by atoms with Crippen LogP contribution in [0.25, 0.3) is 0 Å². The smallest absolute Gasteiger partial charge is 0.416 e. The highest BCUT2D eigenvalue weighted by molar-refractivity contribution is 5.85. The molecule has 0 spiro atoms. The highest BCUT2D eigenvalue weighted by Gasteiger charge is 2.44. The van der Waals surface area contributed by atoms with Gasteiger partial charge in [-0.1, -0.05) is 12.8 Å². The number of alkyl halides is 6. The third-order valence-corrected chi connectivity index (χ3v) is 5.68. The first-order valence-electron chi connectivity index (χ1n) is 9.44. The van der Waals surface area contributed by atoms with Gasteiger partial charge in [0.15, 0.2) is 0 Å². The van der Waals surface area contributed by atoms with Crippen LogP contribution in [-0.4, -0.2) is 38.2 Å². The molecule has 1 atom stereocenters. The van der Waals surface area contributed by atoms with Gasteiger partial charge in [0, 0.05) is 37.8 Å². The number of methoxy groups -OCH3 is 1. The molecular formula is C19H25ClF6N2O. The molecular weight excluding hydrogens is 422 g/mol. The molecule has 1 saturated heterocycles. The van der Waals surface area contributed by atoms with Crippen molar-refractivity contribution in [1.82, 2.24) is 10.2 Å². The Morgan fingerprint density at radius 2 is 1.59 bits per heavy atom. The van der Waals surface area contributed by atoms with Gasteiger partial charge in [-0.25, -0.2) is 0 Å². The lowest BCUT2D eigenvalue weighted by molar-refractivity contribution is -0.144. The van der Waals surface area contributed by atoms with Crippen LogP contribution in [0.15, 0.2) is 12.1 Å². The maximum absolute atomic E-state index is 13.9. The Kier molecular flexibility index (Phi) is 7.73. The first-order valence-corrected chi connectivity index (χ1v) is 9.44. The maximum Gasteiger partial charge on any atom is 0.416 e. The quantitative estimate of drug-likeness (QED) is 0.636. The molecule has 29 heavy (non-hydrogen) atoms. The molecule has 2 aliphatic rings. The molecule has 1 N–H and O–H groups in total. The zero-order valence-electron chi connectivity index (χ0n) is 16.0. The van der Waals surface area contributed by atoms with Gasteiger partial charge in [0.2, 0.25) is 0 Å². The number of benzene rings is 1. The minimum Gasteiger partial charge on any atom is -0.496 e. The van der Waals surface area contributed by atoms with Gasteiger partial charge in [0.25, 0.3) is 0 Å².